The van der Waals surface area contributed by atoms with E-state index in [1.807, 2.05) is 10.9 Å². The van der Waals surface area contributed by atoms with Gasteiger partial charge in [-0.1, -0.05) is 24.3 Å². The van der Waals surface area contributed by atoms with Crippen molar-refractivity contribution in [3.63, 3.8) is 0 Å². The first-order chi connectivity index (χ1) is 11.6. The number of benzene rings is 2. The van der Waals surface area contributed by atoms with Gasteiger partial charge in [0.1, 0.15) is 5.75 Å². The van der Waals surface area contributed by atoms with Crippen LogP contribution in [0.5, 0.6) is 5.75 Å². The molecule has 124 valence electrons. The molecule has 1 aromatic heterocycles. The SMILES string of the molecule is COc1cc(C)c(-c2ccc(Cn3cc(CO)cn3)cc2)cc1C. The van der Waals surface area contributed by atoms with E-state index in [1.54, 1.807) is 13.3 Å². The summed E-state index contributed by atoms with van der Waals surface area (Å²) < 4.78 is 7.22. The van der Waals surface area contributed by atoms with Crippen LogP contribution < -0.4 is 4.74 Å². The van der Waals surface area contributed by atoms with E-state index < -0.39 is 0 Å². The standard InChI is InChI=1S/C20H22N2O2/c1-14-9-20(24-3)15(2)8-19(14)18-6-4-16(5-7-18)11-22-12-17(13-23)10-21-22/h4-10,12,23H,11,13H2,1-3H3. The van der Waals surface area contributed by atoms with Gasteiger partial charge in [-0.2, -0.15) is 5.10 Å². The molecule has 0 bridgehead atoms. The Hall–Kier alpha value is -2.59. The highest BCUT2D eigenvalue weighted by molar-refractivity contribution is 5.69. The molecular formula is C20H22N2O2. The van der Waals surface area contributed by atoms with Crippen LogP contribution in [0, 0.1) is 13.8 Å². The summed E-state index contributed by atoms with van der Waals surface area (Å²) in [6, 6.07) is 12.8. The van der Waals surface area contributed by atoms with Crippen molar-refractivity contribution in [1.29, 1.82) is 0 Å². The van der Waals surface area contributed by atoms with Gasteiger partial charge in [0, 0.05) is 11.8 Å². The molecule has 0 aliphatic heterocycles. The lowest BCUT2D eigenvalue weighted by atomic mass is 9.97. The summed E-state index contributed by atoms with van der Waals surface area (Å²) in [6.07, 6.45) is 3.56. The van der Waals surface area contributed by atoms with Gasteiger partial charge in [0.15, 0.2) is 0 Å². The number of methoxy groups -OCH3 is 1. The maximum atomic E-state index is 9.10. The molecule has 0 amide bonds. The largest absolute Gasteiger partial charge is 0.496 e. The molecule has 0 saturated heterocycles. The van der Waals surface area contributed by atoms with E-state index in [0.29, 0.717) is 6.54 Å². The van der Waals surface area contributed by atoms with Gasteiger partial charge in [-0.05, 0) is 53.8 Å². The predicted molar refractivity (Wildman–Crippen MR) is 95.2 cm³/mol. The Morgan fingerprint density at radius 2 is 1.79 bits per heavy atom. The Kier molecular flexibility index (Phi) is 4.67. The Balaban J connectivity index is 1.83. The Bertz CT molecular complexity index is 835. The highest BCUT2D eigenvalue weighted by Crippen LogP contribution is 2.30. The number of aromatic nitrogens is 2. The van der Waals surface area contributed by atoms with Crippen molar-refractivity contribution in [2.45, 2.75) is 27.0 Å². The lowest BCUT2D eigenvalue weighted by Gasteiger charge is -2.12. The van der Waals surface area contributed by atoms with Crippen LogP contribution in [0.15, 0.2) is 48.8 Å². The van der Waals surface area contributed by atoms with Gasteiger partial charge in [0.05, 0.1) is 26.5 Å². The summed E-state index contributed by atoms with van der Waals surface area (Å²) in [6.45, 7) is 4.88. The van der Waals surface area contributed by atoms with Gasteiger partial charge >= 0.3 is 0 Å². The van der Waals surface area contributed by atoms with E-state index in [1.165, 1.54) is 22.3 Å². The topological polar surface area (TPSA) is 47.3 Å². The van der Waals surface area contributed by atoms with Crippen molar-refractivity contribution in [2.75, 3.05) is 7.11 Å². The van der Waals surface area contributed by atoms with Gasteiger partial charge in [-0.15, -0.1) is 0 Å². The molecule has 24 heavy (non-hydrogen) atoms. The number of aliphatic hydroxyl groups excluding tert-OH is 1. The van der Waals surface area contributed by atoms with E-state index in [4.69, 9.17) is 9.84 Å². The second-order valence-corrected chi connectivity index (χ2v) is 6.04. The average molecular weight is 322 g/mol. The van der Waals surface area contributed by atoms with E-state index in [9.17, 15) is 0 Å². The molecule has 4 heteroatoms. The summed E-state index contributed by atoms with van der Waals surface area (Å²) in [4.78, 5) is 0. The molecule has 0 aliphatic carbocycles. The smallest absolute Gasteiger partial charge is 0.122 e. The molecule has 1 heterocycles. The lowest BCUT2D eigenvalue weighted by Crippen LogP contribution is -1.99. The first kappa shape index (κ1) is 16.3. The molecule has 0 spiro atoms. The van der Waals surface area contributed by atoms with E-state index >= 15 is 0 Å². The van der Waals surface area contributed by atoms with Gasteiger partial charge in [-0.25, -0.2) is 0 Å². The van der Waals surface area contributed by atoms with Gasteiger partial charge in [0.2, 0.25) is 0 Å². The molecule has 3 rings (SSSR count). The predicted octanol–water partition coefficient (Wildman–Crippen LogP) is 3.72. The molecule has 4 nitrogen and oxygen atoms in total. The summed E-state index contributed by atoms with van der Waals surface area (Å²) in [7, 11) is 1.70. The zero-order valence-corrected chi connectivity index (χ0v) is 14.3. The van der Waals surface area contributed by atoms with Crippen molar-refractivity contribution in [3.05, 3.63) is 71.0 Å². The minimum absolute atomic E-state index is 0.0229. The maximum Gasteiger partial charge on any atom is 0.122 e. The molecule has 0 atom stereocenters. The lowest BCUT2D eigenvalue weighted by molar-refractivity contribution is 0.281. The first-order valence-corrected chi connectivity index (χ1v) is 7.97. The van der Waals surface area contributed by atoms with Crippen LogP contribution in [-0.2, 0) is 13.2 Å². The monoisotopic (exact) mass is 322 g/mol. The molecule has 2 aromatic carbocycles. The number of aryl methyl sites for hydroxylation is 2. The fraction of sp³-hybridized carbons (Fsp3) is 0.250. The Labute approximate surface area is 142 Å². The van der Waals surface area contributed by atoms with Crippen molar-refractivity contribution < 1.29 is 9.84 Å². The molecule has 0 saturated carbocycles. The number of ether oxygens (including phenoxy) is 1. The molecular weight excluding hydrogens is 300 g/mol. The van der Waals surface area contributed by atoms with Crippen LogP contribution in [0.1, 0.15) is 22.3 Å². The number of hydrogen-bond donors (Lipinski definition) is 1. The zero-order chi connectivity index (χ0) is 17.1. The van der Waals surface area contributed by atoms with Crippen LogP contribution in [0.25, 0.3) is 11.1 Å². The number of rotatable bonds is 5. The van der Waals surface area contributed by atoms with E-state index in [-0.39, 0.29) is 6.61 Å². The third-order valence-electron chi connectivity index (χ3n) is 4.22. The van der Waals surface area contributed by atoms with Crippen molar-refractivity contribution in [3.8, 4) is 16.9 Å². The number of aliphatic hydroxyl groups is 1. The van der Waals surface area contributed by atoms with Gasteiger partial charge in [0.25, 0.3) is 0 Å². The van der Waals surface area contributed by atoms with Crippen LogP contribution in [0.4, 0.5) is 0 Å². The summed E-state index contributed by atoms with van der Waals surface area (Å²) in [5, 5.41) is 13.4. The number of hydrogen-bond acceptors (Lipinski definition) is 3. The second kappa shape index (κ2) is 6.89. The molecule has 0 unspecified atom stereocenters. The quantitative estimate of drug-likeness (QED) is 0.779. The normalized spacial score (nSPS) is 10.8. The van der Waals surface area contributed by atoms with Crippen molar-refractivity contribution >= 4 is 0 Å². The number of nitrogens with zero attached hydrogens (tertiary/aromatic N) is 2. The van der Waals surface area contributed by atoms with Crippen molar-refractivity contribution in [1.82, 2.24) is 9.78 Å². The summed E-state index contributed by atoms with van der Waals surface area (Å²) in [5.74, 6) is 0.922. The minimum Gasteiger partial charge on any atom is -0.496 e. The highest BCUT2D eigenvalue weighted by Gasteiger charge is 2.07. The third kappa shape index (κ3) is 3.34. The fourth-order valence-electron chi connectivity index (χ4n) is 2.87. The molecule has 3 aromatic rings. The Morgan fingerprint density at radius 3 is 2.42 bits per heavy atom. The molecule has 0 fully saturated rings. The van der Waals surface area contributed by atoms with Crippen LogP contribution >= 0.6 is 0 Å². The third-order valence-corrected chi connectivity index (χ3v) is 4.22. The van der Waals surface area contributed by atoms with Crippen LogP contribution in [0.3, 0.4) is 0 Å². The first-order valence-electron chi connectivity index (χ1n) is 7.97. The van der Waals surface area contributed by atoms with Crippen LogP contribution in [0.2, 0.25) is 0 Å². The molecule has 0 aliphatic rings. The van der Waals surface area contributed by atoms with Gasteiger partial charge in [-0.3, -0.25) is 4.68 Å². The van der Waals surface area contributed by atoms with E-state index in [2.05, 4.69) is 55.3 Å². The fourth-order valence-corrected chi connectivity index (χ4v) is 2.87. The summed E-state index contributed by atoms with van der Waals surface area (Å²) >= 11 is 0. The molecule has 1 N–H and O–H groups in total. The molecule has 0 radical (unpaired) electrons. The maximum absolute atomic E-state index is 9.10. The van der Waals surface area contributed by atoms with Crippen LogP contribution in [-0.4, -0.2) is 22.0 Å². The highest BCUT2D eigenvalue weighted by atomic mass is 16.5. The van der Waals surface area contributed by atoms with Crippen molar-refractivity contribution in [2.24, 2.45) is 0 Å². The minimum atomic E-state index is 0.0229. The average Bonchev–Trinajstić information content (AvgIpc) is 3.05. The second-order valence-electron chi connectivity index (χ2n) is 6.04. The van der Waals surface area contributed by atoms with E-state index in [0.717, 1.165) is 16.9 Å². The van der Waals surface area contributed by atoms with Gasteiger partial charge < -0.3 is 9.84 Å². The Morgan fingerprint density at radius 1 is 1.04 bits per heavy atom. The zero-order valence-electron chi connectivity index (χ0n) is 14.3. The summed E-state index contributed by atoms with van der Waals surface area (Å²) in [5.41, 5.74) is 6.75.